The Morgan fingerprint density at radius 2 is 1.93 bits per heavy atom. The molecule has 4 aliphatic rings. The van der Waals surface area contributed by atoms with Crippen molar-refractivity contribution in [3.8, 4) is 0 Å². The number of carbonyl (C=O) groups is 3. The van der Waals surface area contributed by atoms with Gasteiger partial charge in [0.1, 0.15) is 6.61 Å². The molecule has 0 heterocycles. The standard InChI is InChI=1S/C24H32O4/c1-4-13-28-22(27)21(26)20-8-7-18-17-6-5-15-14-16(25)9-11-23(15,2)19(17)10-12-24(18,20)3/h4,14,17-20H,1,5-13H2,2-3H3/t17-,18-,19-,20+,23-,24-/m0/s1. The molecule has 0 amide bonds. The molecule has 0 spiro atoms. The van der Waals surface area contributed by atoms with Gasteiger partial charge in [-0.05, 0) is 79.6 Å². The number of fused-ring (bicyclic) bond motifs is 5. The topological polar surface area (TPSA) is 60.4 Å². The third-order valence-corrected chi connectivity index (χ3v) is 8.81. The van der Waals surface area contributed by atoms with Crippen LogP contribution in [0.15, 0.2) is 24.3 Å². The maximum Gasteiger partial charge on any atom is 0.375 e. The lowest BCUT2D eigenvalue weighted by atomic mass is 9.46. The molecule has 0 saturated heterocycles. The molecule has 0 aromatic heterocycles. The molecule has 4 heteroatoms. The lowest BCUT2D eigenvalue weighted by Crippen LogP contribution is -2.51. The highest BCUT2D eigenvalue weighted by molar-refractivity contribution is 6.34. The highest BCUT2D eigenvalue weighted by Crippen LogP contribution is 2.66. The van der Waals surface area contributed by atoms with Gasteiger partial charge in [-0.3, -0.25) is 9.59 Å². The number of hydrogen-bond acceptors (Lipinski definition) is 4. The highest BCUT2D eigenvalue weighted by Gasteiger charge is 2.60. The second kappa shape index (κ2) is 6.96. The molecule has 3 fully saturated rings. The molecular formula is C24H32O4. The van der Waals surface area contributed by atoms with Gasteiger partial charge in [-0.2, -0.15) is 0 Å². The second-order valence-corrected chi connectivity index (χ2v) is 9.89. The van der Waals surface area contributed by atoms with Crippen LogP contribution in [-0.2, 0) is 19.1 Å². The molecule has 152 valence electrons. The minimum atomic E-state index is -0.694. The van der Waals surface area contributed by atoms with E-state index in [2.05, 4.69) is 20.4 Å². The summed E-state index contributed by atoms with van der Waals surface area (Å²) in [5.74, 6) is 0.723. The number of esters is 1. The molecule has 0 N–H and O–H groups in total. The van der Waals surface area contributed by atoms with Gasteiger partial charge in [0.2, 0.25) is 5.78 Å². The summed E-state index contributed by atoms with van der Waals surface area (Å²) >= 11 is 0. The van der Waals surface area contributed by atoms with E-state index in [4.69, 9.17) is 4.74 Å². The molecule has 28 heavy (non-hydrogen) atoms. The van der Waals surface area contributed by atoms with E-state index in [-0.39, 0.29) is 34.9 Å². The van der Waals surface area contributed by atoms with Crippen molar-refractivity contribution in [2.45, 2.75) is 65.2 Å². The molecule has 4 aliphatic carbocycles. The number of carbonyl (C=O) groups excluding carboxylic acids is 3. The highest BCUT2D eigenvalue weighted by atomic mass is 16.5. The first kappa shape index (κ1) is 19.6. The van der Waals surface area contributed by atoms with E-state index in [0.717, 1.165) is 44.9 Å². The Morgan fingerprint density at radius 1 is 1.14 bits per heavy atom. The zero-order chi connectivity index (χ0) is 20.1. The van der Waals surface area contributed by atoms with Gasteiger partial charge in [-0.25, -0.2) is 4.79 Å². The largest absolute Gasteiger partial charge is 0.456 e. The molecule has 0 aliphatic heterocycles. The molecule has 0 aromatic carbocycles. The van der Waals surface area contributed by atoms with Crippen molar-refractivity contribution in [3.05, 3.63) is 24.3 Å². The van der Waals surface area contributed by atoms with Gasteiger partial charge >= 0.3 is 5.97 Å². The van der Waals surface area contributed by atoms with Crippen molar-refractivity contribution in [1.29, 1.82) is 0 Å². The maximum atomic E-state index is 12.8. The van der Waals surface area contributed by atoms with Crippen LogP contribution in [0.3, 0.4) is 0 Å². The number of rotatable bonds is 4. The molecular weight excluding hydrogens is 352 g/mol. The van der Waals surface area contributed by atoms with Crippen LogP contribution in [0.1, 0.15) is 65.2 Å². The lowest BCUT2D eigenvalue weighted by Gasteiger charge is -2.58. The maximum absolute atomic E-state index is 12.8. The summed E-state index contributed by atoms with van der Waals surface area (Å²) in [6.07, 6.45) is 11.1. The van der Waals surface area contributed by atoms with Crippen molar-refractivity contribution in [1.82, 2.24) is 0 Å². The summed E-state index contributed by atoms with van der Waals surface area (Å²) in [6.45, 7) is 8.24. The first-order valence-electron chi connectivity index (χ1n) is 10.9. The fourth-order valence-electron chi connectivity index (χ4n) is 7.34. The van der Waals surface area contributed by atoms with Crippen LogP contribution >= 0.6 is 0 Å². The summed E-state index contributed by atoms with van der Waals surface area (Å²) in [4.78, 5) is 37.0. The first-order valence-corrected chi connectivity index (χ1v) is 10.9. The Hall–Kier alpha value is -1.71. The monoisotopic (exact) mass is 384 g/mol. The number of Topliss-reactive ketones (excluding diaryl/α,β-unsaturated/α-hetero) is 1. The number of ether oxygens (including phenoxy) is 1. The quantitative estimate of drug-likeness (QED) is 0.409. The van der Waals surface area contributed by atoms with Crippen LogP contribution in [0, 0.1) is 34.5 Å². The van der Waals surface area contributed by atoms with E-state index in [0.29, 0.717) is 24.2 Å². The number of allylic oxidation sites excluding steroid dienone is 1. The van der Waals surface area contributed by atoms with E-state index in [1.54, 1.807) is 0 Å². The predicted molar refractivity (Wildman–Crippen MR) is 106 cm³/mol. The Balaban J connectivity index is 1.56. The van der Waals surface area contributed by atoms with Crippen LogP contribution in [0.2, 0.25) is 0 Å². The van der Waals surface area contributed by atoms with Crippen molar-refractivity contribution in [2.75, 3.05) is 6.61 Å². The van der Waals surface area contributed by atoms with E-state index in [1.807, 2.05) is 6.08 Å². The Labute approximate surface area is 167 Å². The fourth-order valence-corrected chi connectivity index (χ4v) is 7.34. The lowest BCUT2D eigenvalue weighted by molar-refractivity contribution is -0.157. The Kier molecular flexibility index (Phi) is 4.87. The van der Waals surface area contributed by atoms with Gasteiger partial charge in [0, 0.05) is 12.3 Å². The van der Waals surface area contributed by atoms with Crippen LogP contribution in [0.4, 0.5) is 0 Å². The predicted octanol–water partition coefficient (Wildman–Crippen LogP) is 4.43. The Morgan fingerprint density at radius 3 is 2.68 bits per heavy atom. The molecule has 3 saturated carbocycles. The SMILES string of the molecule is C=CCOC(=O)C(=O)[C@H]1CC[C@H]2[C@@H]3CCC4=CC(=O)CC[C@]4(C)[C@H]3CC[C@]12C. The van der Waals surface area contributed by atoms with E-state index >= 15 is 0 Å². The Bertz CT molecular complexity index is 750. The molecule has 4 rings (SSSR count). The van der Waals surface area contributed by atoms with E-state index in [9.17, 15) is 14.4 Å². The summed E-state index contributed by atoms with van der Waals surface area (Å²) < 4.78 is 5.05. The average Bonchev–Trinajstić information content (AvgIpc) is 3.03. The van der Waals surface area contributed by atoms with Gasteiger partial charge < -0.3 is 4.74 Å². The summed E-state index contributed by atoms with van der Waals surface area (Å²) in [5, 5.41) is 0. The second-order valence-electron chi connectivity index (χ2n) is 9.89. The van der Waals surface area contributed by atoms with Crippen molar-refractivity contribution in [2.24, 2.45) is 34.5 Å². The van der Waals surface area contributed by atoms with E-state index in [1.165, 1.54) is 11.6 Å². The normalized spacial score (nSPS) is 41.9. The fraction of sp³-hybridized carbons (Fsp3) is 0.708. The third-order valence-electron chi connectivity index (χ3n) is 8.81. The molecule has 6 atom stereocenters. The van der Waals surface area contributed by atoms with Crippen LogP contribution in [-0.4, -0.2) is 24.1 Å². The average molecular weight is 385 g/mol. The molecule has 0 aromatic rings. The summed E-state index contributed by atoms with van der Waals surface area (Å²) in [5.41, 5.74) is 1.41. The molecule has 0 radical (unpaired) electrons. The molecule has 0 unspecified atom stereocenters. The van der Waals surface area contributed by atoms with Crippen molar-refractivity contribution < 1.29 is 19.1 Å². The molecule has 4 nitrogen and oxygen atoms in total. The smallest absolute Gasteiger partial charge is 0.375 e. The first-order chi connectivity index (χ1) is 13.3. The minimum Gasteiger partial charge on any atom is -0.456 e. The third kappa shape index (κ3) is 2.83. The summed E-state index contributed by atoms with van der Waals surface area (Å²) in [6, 6.07) is 0. The molecule has 0 bridgehead atoms. The van der Waals surface area contributed by atoms with Crippen LogP contribution in [0.25, 0.3) is 0 Å². The van der Waals surface area contributed by atoms with Crippen molar-refractivity contribution >= 4 is 17.5 Å². The van der Waals surface area contributed by atoms with Gasteiger partial charge in [0.15, 0.2) is 5.78 Å². The number of hydrogen-bond donors (Lipinski definition) is 0. The van der Waals surface area contributed by atoms with Gasteiger partial charge in [0.25, 0.3) is 0 Å². The van der Waals surface area contributed by atoms with Crippen LogP contribution < -0.4 is 0 Å². The van der Waals surface area contributed by atoms with Gasteiger partial charge in [-0.15, -0.1) is 0 Å². The minimum absolute atomic E-state index is 0.0916. The van der Waals surface area contributed by atoms with Gasteiger partial charge in [-0.1, -0.05) is 32.1 Å². The van der Waals surface area contributed by atoms with Crippen LogP contribution in [0.5, 0.6) is 0 Å². The zero-order valence-electron chi connectivity index (χ0n) is 17.2. The van der Waals surface area contributed by atoms with E-state index < -0.39 is 5.97 Å². The van der Waals surface area contributed by atoms with Crippen molar-refractivity contribution in [3.63, 3.8) is 0 Å². The zero-order valence-corrected chi connectivity index (χ0v) is 17.2. The summed E-state index contributed by atoms with van der Waals surface area (Å²) in [7, 11) is 0. The van der Waals surface area contributed by atoms with Gasteiger partial charge in [0.05, 0.1) is 0 Å². The number of ketones is 2.